The molecule has 0 aromatic heterocycles. The highest BCUT2D eigenvalue weighted by atomic mass is 16.2. The maximum Gasteiger partial charge on any atom is 0.225 e. The summed E-state index contributed by atoms with van der Waals surface area (Å²) in [5.74, 6) is 1.71. The van der Waals surface area contributed by atoms with Crippen LogP contribution in [0.3, 0.4) is 0 Å². The normalized spacial score (nSPS) is 24.2. The number of hydrogen-bond donors (Lipinski definition) is 0. The Morgan fingerprint density at radius 2 is 1.43 bits per heavy atom. The summed E-state index contributed by atoms with van der Waals surface area (Å²) < 4.78 is 0. The van der Waals surface area contributed by atoms with Crippen LogP contribution in [0.25, 0.3) is 0 Å². The van der Waals surface area contributed by atoms with E-state index in [1.165, 1.54) is 32.1 Å². The van der Waals surface area contributed by atoms with Crippen molar-refractivity contribution in [1.82, 2.24) is 9.80 Å². The van der Waals surface area contributed by atoms with Crippen LogP contribution < -0.4 is 0 Å². The van der Waals surface area contributed by atoms with Gasteiger partial charge < -0.3 is 9.80 Å². The minimum atomic E-state index is 0.287. The molecule has 3 fully saturated rings. The van der Waals surface area contributed by atoms with Crippen molar-refractivity contribution in [2.45, 2.75) is 57.8 Å². The first kappa shape index (κ1) is 14.9. The van der Waals surface area contributed by atoms with Crippen LogP contribution in [0, 0.1) is 11.8 Å². The summed E-state index contributed by atoms with van der Waals surface area (Å²) in [7, 11) is 0. The van der Waals surface area contributed by atoms with E-state index in [4.69, 9.17) is 0 Å². The van der Waals surface area contributed by atoms with Gasteiger partial charge in [0, 0.05) is 38.5 Å². The fraction of sp³-hybridized carbons (Fsp3) is 0.882. The quantitative estimate of drug-likeness (QED) is 0.798. The highest BCUT2D eigenvalue weighted by Gasteiger charge is 2.32. The Labute approximate surface area is 127 Å². The molecule has 3 rings (SSSR count). The van der Waals surface area contributed by atoms with E-state index in [0.717, 1.165) is 51.4 Å². The first-order valence-corrected chi connectivity index (χ1v) is 8.80. The van der Waals surface area contributed by atoms with E-state index >= 15 is 0 Å². The highest BCUT2D eigenvalue weighted by Crippen LogP contribution is 2.30. The van der Waals surface area contributed by atoms with Gasteiger partial charge in [0.2, 0.25) is 11.8 Å². The molecule has 2 aliphatic carbocycles. The average Bonchev–Trinajstić information content (AvgIpc) is 2.96. The molecule has 21 heavy (non-hydrogen) atoms. The second kappa shape index (κ2) is 6.80. The van der Waals surface area contributed by atoms with Crippen molar-refractivity contribution in [2.24, 2.45) is 11.8 Å². The summed E-state index contributed by atoms with van der Waals surface area (Å²) in [5.41, 5.74) is 0. The molecule has 0 spiro atoms. The van der Waals surface area contributed by atoms with Crippen LogP contribution in [0.1, 0.15) is 57.8 Å². The van der Waals surface area contributed by atoms with E-state index < -0.39 is 0 Å². The molecule has 0 aromatic rings. The van der Waals surface area contributed by atoms with Crippen molar-refractivity contribution in [2.75, 3.05) is 26.2 Å². The lowest BCUT2D eigenvalue weighted by molar-refractivity contribution is -0.144. The van der Waals surface area contributed by atoms with Gasteiger partial charge in [-0.15, -0.1) is 0 Å². The molecule has 3 aliphatic rings. The standard InChI is InChI=1S/C17H28N2O2/c20-16(9-8-14-4-1-2-5-14)18-10-12-19(13-11-18)17(21)15-6-3-7-15/h14-15H,1-13H2. The van der Waals surface area contributed by atoms with Gasteiger partial charge in [-0.05, 0) is 25.2 Å². The zero-order valence-electron chi connectivity index (χ0n) is 13.1. The SMILES string of the molecule is O=C(CCC1CCCC1)N1CCN(C(=O)C2CCC2)CC1. The third kappa shape index (κ3) is 3.58. The van der Waals surface area contributed by atoms with Gasteiger partial charge in [0.1, 0.15) is 0 Å². The first-order chi connectivity index (χ1) is 10.2. The summed E-state index contributed by atoms with van der Waals surface area (Å²) in [4.78, 5) is 28.4. The second-order valence-corrected chi connectivity index (χ2v) is 7.02. The Kier molecular flexibility index (Phi) is 4.81. The molecule has 0 unspecified atom stereocenters. The molecule has 0 aromatic carbocycles. The van der Waals surface area contributed by atoms with Crippen molar-refractivity contribution in [3.63, 3.8) is 0 Å². The number of carbonyl (C=O) groups is 2. The molecule has 0 radical (unpaired) electrons. The van der Waals surface area contributed by atoms with Gasteiger partial charge in [0.25, 0.3) is 0 Å². The Morgan fingerprint density at radius 1 is 0.810 bits per heavy atom. The van der Waals surface area contributed by atoms with Gasteiger partial charge in [0.05, 0.1) is 0 Å². The Morgan fingerprint density at radius 3 is 2.00 bits per heavy atom. The maximum absolute atomic E-state index is 12.3. The lowest BCUT2D eigenvalue weighted by Gasteiger charge is -2.38. The van der Waals surface area contributed by atoms with E-state index in [-0.39, 0.29) is 5.92 Å². The van der Waals surface area contributed by atoms with Crippen LogP contribution in [-0.4, -0.2) is 47.8 Å². The smallest absolute Gasteiger partial charge is 0.225 e. The number of rotatable bonds is 4. The molecule has 4 heteroatoms. The van der Waals surface area contributed by atoms with Crippen LogP contribution in [0.2, 0.25) is 0 Å². The lowest BCUT2D eigenvalue weighted by atomic mass is 9.84. The van der Waals surface area contributed by atoms with Crippen LogP contribution in [-0.2, 0) is 9.59 Å². The topological polar surface area (TPSA) is 40.6 Å². The van der Waals surface area contributed by atoms with Gasteiger partial charge in [0.15, 0.2) is 0 Å². The minimum absolute atomic E-state index is 0.287. The highest BCUT2D eigenvalue weighted by molar-refractivity contribution is 5.80. The number of amides is 2. The zero-order chi connectivity index (χ0) is 14.7. The van der Waals surface area contributed by atoms with Crippen molar-refractivity contribution in [1.29, 1.82) is 0 Å². The molecular weight excluding hydrogens is 264 g/mol. The second-order valence-electron chi connectivity index (χ2n) is 7.02. The van der Waals surface area contributed by atoms with Gasteiger partial charge in [-0.2, -0.15) is 0 Å². The largest absolute Gasteiger partial charge is 0.339 e. The summed E-state index contributed by atoms with van der Waals surface area (Å²) >= 11 is 0. The summed E-state index contributed by atoms with van der Waals surface area (Å²) in [6, 6.07) is 0. The molecule has 1 heterocycles. The van der Waals surface area contributed by atoms with Crippen molar-refractivity contribution in [3.05, 3.63) is 0 Å². The molecule has 1 saturated heterocycles. The average molecular weight is 292 g/mol. The number of piperazine rings is 1. The Bertz CT molecular complexity index is 378. The van der Waals surface area contributed by atoms with Gasteiger partial charge >= 0.3 is 0 Å². The van der Waals surface area contributed by atoms with E-state index in [2.05, 4.69) is 0 Å². The summed E-state index contributed by atoms with van der Waals surface area (Å²) in [6.07, 6.45) is 10.4. The van der Waals surface area contributed by atoms with Crippen molar-refractivity contribution < 1.29 is 9.59 Å². The third-order valence-corrected chi connectivity index (χ3v) is 5.64. The molecular formula is C17H28N2O2. The van der Waals surface area contributed by atoms with Crippen LogP contribution in [0.4, 0.5) is 0 Å². The fourth-order valence-corrected chi connectivity index (χ4v) is 3.87. The van der Waals surface area contributed by atoms with Gasteiger partial charge in [-0.3, -0.25) is 9.59 Å². The zero-order valence-corrected chi connectivity index (χ0v) is 13.1. The van der Waals surface area contributed by atoms with Crippen LogP contribution >= 0.6 is 0 Å². The van der Waals surface area contributed by atoms with E-state index in [1.54, 1.807) is 0 Å². The first-order valence-electron chi connectivity index (χ1n) is 8.80. The molecule has 118 valence electrons. The Hall–Kier alpha value is -1.06. The summed E-state index contributed by atoms with van der Waals surface area (Å²) in [6.45, 7) is 2.96. The van der Waals surface area contributed by atoms with Gasteiger partial charge in [-0.1, -0.05) is 32.1 Å². The molecule has 2 amide bonds. The number of nitrogens with zero attached hydrogens (tertiary/aromatic N) is 2. The maximum atomic E-state index is 12.3. The fourth-order valence-electron chi connectivity index (χ4n) is 3.87. The monoisotopic (exact) mass is 292 g/mol. The number of hydrogen-bond acceptors (Lipinski definition) is 2. The van der Waals surface area contributed by atoms with E-state index in [9.17, 15) is 9.59 Å². The van der Waals surface area contributed by atoms with E-state index in [0.29, 0.717) is 18.2 Å². The third-order valence-electron chi connectivity index (χ3n) is 5.64. The Balaban J connectivity index is 1.38. The molecule has 0 bridgehead atoms. The van der Waals surface area contributed by atoms with Gasteiger partial charge in [-0.25, -0.2) is 0 Å². The molecule has 2 saturated carbocycles. The lowest BCUT2D eigenvalue weighted by Crippen LogP contribution is -2.52. The molecule has 4 nitrogen and oxygen atoms in total. The van der Waals surface area contributed by atoms with Crippen molar-refractivity contribution >= 4 is 11.8 Å². The molecule has 0 atom stereocenters. The molecule has 0 N–H and O–H groups in total. The predicted molar refractivity (Wildman–Crippen MR) is 81.7 cm³/mol. The van der Waals surface area contributed by atoms with E-state index in [1.807, 2.05) is 9.80 Å². The summed E-state index contributed by atoms with van der Waals surface area (Å²) in [5, 5.41) is 0. The van der Waals surface area contributed by atoms with Crippen LogP contribution in [0.5, 0.6) is 0 Å². The number of carbonyl (C=O) groups excluding carboxylic acids is 2. The predicted octanol–water partition coefficient (Wildman–Crippen LogP) is 2.43. The minimum Gasteiger partial charge on any atom is -0.339 e. The molecule has 1 aliphatic heterocycles. The van der Waals surface area contributed by atoms with Crippen LogP contribution in [0.15, 0.2) is 0 Å². The van der Waals surface area contributed by atoms with Crippen molar-refractivity contribution in [3.8, 4) is 0 Å².